The number of para-hydroxylation sites is 3. The van der Waals surface area contributed by atoms with Crippen LogP contribution in [0.5, 0.6) is 11.5 Å². The Morgan fingerprint density at radius 2 is 1.69 bits per heavy atom. The van der Waals surface area contributed by atoms with Gasteiger partial charge in [0.05, 0.1) is 12.0 Å². The molecule has 0 spiro atoms. The highest BCUT2D eigenvalue weighted by Gasteiger charge is 2.31. The molecule has 0 fully saturated rings. The highest BCUT2D eigenvalue weighted by atomic mass is 32.1. The smallest absolute Gasteiger partial charge is 0.150 e. The molecule has 0 bridgehead atoms. The minimum Gasteiger partial charge on any atom is -0.494 e. The summed E-state index contributed by atoms with van der Waals surface area (Å²) in [5.74, 6) is 2.49. The first kappa shape index (κ1) is 20.3. The summed E-state index contributed by atoms with van der Waals surface area (Å²) in [5, 5.41) is 2.07. The number of rotatable bonds is 5. The molecule has 0 aliphatic carbocycles. The van der Waals surface area contributed by atoms with Gasteiger partial charge < -0.3 is 9.47 Å². The van der Waals surface area contributed by atoms with Crippen LogP contribution in [-0.2, 0) is 0 Å². The molecule has 0 saturated heterocycles. The number of thiophene rings is 1. The molecule has 0 amide bonds. The van der Waals surface area contributed by atoms with Crippen molar-refractivity contribution in [2.75, 3.05) is 7.11 Å². The molecule has 2 heterocycles. The predicted molar refractivity (Wildman–Crippen MR) is 132 cm³/mol. The fraction of sp³-hybridized carbons (Fsp3) is 0.107. The number of allylic oxidation sites excluding steroid dienone is 1. The Labute approximate surface area is 192 Å². The summed E-state index contributed by atoms with van der Waals surface area (Å²) in [4.78, 5) is 5.93. The fourth-order valence-electron chi connectivity index (χ4n) is 4.01. The van der Waals surface area contributed by atoms with Crippen molar-refractivity contribution in [1.82, 2.24) is 0 Å². The van der Waals surface area contributed by atoms with Gasteiger partial charge in [-0.2, -0.15) is 0 Å². The van der Waals surface area contributed by atoms with Crippen LogP contribution in [0.3, 0.4) is 0 Å². The molecular weight excluding hydrogens is 414 g/mol. The molecule has 1 unspecified atom stereocenters. The normalized spacial score (nSPS) is 15.5. The van der Waals surface area contributed by atoms with Crippen LogP contribution in [0, 0.1) is 6.92 Å². The zero-order valence-electron chi connectivity index (χ0n) is 18.0. The van der Waals surface area contributed by atoms with E-state index in [9.17, 15) is 0 Å². The Balaban J connectivity index is 1.72. The third-order valence-corrected chi connectivity index (χ3v) is 6.47. The van der Waals surface area contributed by atoms with Crippen molar-refractivity contribution in [2.45, 2.75) is 12.8 Å². The van der Waals surface area contributed by atoms with Crippen molar-refractivity contribution in [3.8, 4) is 11.5 Å². The van der Waals surface area contributed by atoms with Crippen molar-refractivity contribution in [1.29, 1.82) is 0 Å². The number of ether oxygens (including phenoxy) is 2. The first-order valence-corrected chi connectivity index (χ1v) is 11.4. The van der Waals surface area contributed by atoms with Gasteiger partial charge in [-0.05, 0) is 42.1 Å². The summed E-state index contributed by atoms with van der Waals surface area (Å²) < 4.78 is 12.0. The number of hydrogen-bond acceptors (Lipinski definition) is 4. The van der Waals surface area contributed by atoms with Crippen LogP contribution in [0.15, 0.2) is 101 Å². The van der Waals surface area contributed by atoms with E-state index in [0.29, 0.717) is 0 Å². The molecule has 1 aromatic heterocycles. The van der Waals surface area contributed by atoms with Crippen molar-refractivity contribution in [3.63, 3.8) is 0 Å². The number of aryl methyl sites for hydroxylation is 1. The van der Waals surface area contributed by atoms with Gasteiger partial charge in [0.15, 0.2) is 0 Å². The minimum atomic E-state index is 0.0103. The second kappa shape index (κ2) is 8.85. The van der Waals surface area contributed by atoms with Gasteiger partial charge in [-0.1, -0.05) is 66.2 Å². The minimum absolute atomic E-state index is 0.0103. The lowest BCUT2D eigenvalue weighted by atomic mass is 9.82. The molecule has 5 rings (SSSR count). The van der Waals surface area contributed by atoms with Crippen LogP contribution in [0.2, 0.25) is 0 Å². The molecule has 4 heteroatoms. The second-order valence-corrected chi connectivity index (χ2v) is 8.62. The van der Waals surface area contributed by atoms with Crippen molar-refractivity contribution in [3.05, 3.63) is 117 Å². The molecular formula is C28H23NO2S. The SMILES string of the molecule is COc1ccccc1N=CC1=C(c2cccs2)Oc2ccccc2C1c1ccc(C)cc1. The summed E-state index contributed by atoms with van der Waals surface area (Å²) in [6.45, 7) is 2.11. The monoisotopic (exact) mass is 437 g/mol. The van der Waals surface area contributed by atoms with E-state index in [1.54, 1.807) is 18.4 Å². The van der Waals surface area contributed by atoms with E-state index in [2.05, 4.69) is 54.8 Å². The Morgan fingerprint density at radius 1 is 0.906 bits per heavy atom. The Hall–Kier alpha value is -3.63. The van der Waals surface area contributed by atoms with Crippen LogP contribution in [-0.4, -0.2) is 13.3 Å². The lowest BCUT2D eigenvalue weighted by Gasteiger charge is -2.29. The molecule has 0 N–H and O–H groups in total. The molecule has 0 radical (unpaired) electrons. The van der Waals surface area contributed by atoms with E-state index in [4.69, 9.17) is 14.5 Å². The molecule has 3 aromatic carbocycles. The van der Waals surface area contributed by atoms with Crippen LogP contribution in [0.25, 0.3) is 5.76 Å². The lowest BCUT2D eigenvalue weighted by Crippen LogP contribution is -2.17. The van der Waals surface area contributed by atoms with Crippen molar-refractivity contribution >= 4 is 29.0 Å². The molecule has 3 nitrogen and oxygen atoms in total. The maximum absolute atomic E-state index is 6.48. The standard InChI is InChI=1S/C28H23NO2S/c1-19-13-15-20(16-14-19)27-21-8-3-5-10-24(21)31-28(26-12-7-17-32-26)22(27)18-29-23-9-4-6-11-25(23)30-2/h3-18,27H,1-2H3. The van der Waals surface area contributed by atoms with Gasteiger partial charge in [0, 0.05) is 23.3 Å². The van der Waals surface area contributed by atoms with E-state index in [0.717, 1.165) is 39.0 Å². The van der Waals surface area contributed by atoms with Gasteiger partial charge in [0.2, 0.25) is 0 Å². The zero-order chi connectivity index (χ0) is 21.9. The van der Waals surface area contributed by atoms with E-state index in [1.807, 2.05) is 48.7 Å². The van der Waals surface area contributed by atoms with E-state index < -0.39 is 0 Å². The van der Waals surface area contributed by atoms with Crippen LogP contribution in [0.4, 0.5) is 5.69 Å². The van der Waals surface area contributed by atoms with Crippen LogP contribution in [0.1, 0.15) is 27.5 Å². The number of hydrogen-bond donors (Lipinski definition) is 0. The van der Waals surface area contributed by atoms with Gasteiger partial charge in [-0.25, -0.2) is 0 Å². The number of aliphatic imine (C=N–C) groups is 1. The highest BCUT2D eigenvalue weighted by molar-refractivity contribution is 7.11. The Morgan fingerprint density at radius 3 is 2.47 bits per heavy atom. The Kier molecular flexibility index (Phi) is 5.61. The number of fused-ring (bicyclic) bond motifs is 1. The average molecular weight is 438 g/mol. The maximum atomic E-state index is 6.48. The molecule has 32 heavy (non-hydrogen) atoms. The topological polar surface area (TPSA) is 30.8 Å². The van der Waals surface area contributed by atoms with Gasteiger partial charge in [-0.15, -0.1) is 11.3 Å². The largest absolute Gasteiger partial charge is 0.494 e. The number of nitrogens with zero attached hydrogens (tertiary/aromatic N) is 1. The summed E-state index contributed by atoms with van der Waals surface area (Å²) >= 11 is 1.67. The Bertz CT molecular complexity index is 1290. The first-order chi connectivity index (χ1) is 15.7. The molecule has 1 aliphatic heterocycles. The van der Waals surface area contributed by atoms with Gasteiger partial charge in [0.1, 0.15) is 22.9 Å². The number of methoxy groups -OCH3 is 1. The van der Waals surface area contributed by atoms with Gasteiger partial charge in [-0.3, -0.25) is 4.99 Å². The zero-order valence-corrected chi connectivity index (χ0v) is 18.8. The van der Waals surface area contributed by atoms with E-state index in [-0.39, 0.29) is 5.92 Å². The molecule has 158 valence electrons. The van der Waals surface area contributed by atoms with E-state index >= 15 is 0 Å². The predicted octanol–water partition coefficient (Wildman–Crippen LogP) is 7.40. The van der Waals surface area contributed by atoms with Crippen molar-refractivity contribution in [2.24, 2.45) is 4.99 Å². The lowest BCUT2D eigenvalue weighted by molar-refractivity contribution is 0.416. The molecule has 1 atom stereocenters. The second-order valence-electron chi connectivity index (χ2n) is 7.68. The summed E-state index contributed by atoms with van der Waals surface area (Å²) in [7, 11) is 1.67. The third-order valence-electron chi connectivity index (χ3n) is 5.60. The maximum Gasteiger partial charge on any atom is 0.150 e. The van der Waals surface area contributed by atoms with E-state index in [1.165, 1.54) is 11.1 Å². The summed E-state index contributed by atoms with van der Waals surface area (Å²) in [5.41, 5.74) is 5.40. The fourth-order valence-corrected chi connectivity index (χ4v) is 4.73. The molecule has 0 saturated carbocycles. The quantitative estimate of drug-likeness (QED) is 0.305. The third kappa shape index (κ3) is 3.85. The first-order valence-electron chi connectivity index (χ1n) is 10.5. The molecule has 4 aromatic rings. The average Bonchev–Trinajstić information content (AvgIpc) is 3.37. The van der Waals surface area contributed by atoms with Crippen molar-refractivity contribution < 1.29 is 9.47 Å². The van der Waals surface area contributed by atoms with Crippen LogP contribution < -0.4 is 9.47 Å². The highest BCUT2D eigenvalue weighted by Crippen LogP contribution is 2.46. The van der Waals surface area contributed by atoms with Gasteiger partial charge in [0.25, 0.3) is 0 Å². The van der Waals surface area contributed by atoms with Gasteiger partial charge >= 0.3 is 0 Å². The summed E-state index contributed by atoms with van der Waals surface area (Å²) in [6.07, 6.45) is 1.94. The van der Waals surface area contributed by atoms with Crippen LogP contribution >= 0.6 is 11.3 Å². The summed E-state index contributed by atoms with van der Waals surface area (Å²) in [6, 6.07) is 28.9. The number of benzene rings is 3. The molecule has 1 aliphatic rings.